The molecule has 110 valence electrons. The third kappa shape index (κ3) is 2.57. The molecule has 1 nitrogen and oxygen atoms in total. The van der Waals surface area contributed by atoms with Crippen LogP contribution in [0.1, 0.15) is 5.56 Å². The van der Waals surface area contributed by atoms with Gasteiger partial charge in [-0.2, -0.15) is 0 Å². The predicted molar refractivity (Wildman–Crippen MR) is 88.3 cm³/mol. The van der Waals surface area contributed by atoms with E-state index in [9.17, 15) is 0 Å². The van der Waals surface area contributed by atoms with Gasteiger partial charge in [0, 0.05) is 26.5 Å². The first-order valence-corrected chi connectivity index (χ1v) is 7.08. The summed E-state index contributed by atoms with van der Waals surface area (Å²) >= 11 is 0. The van der Waals surface area contributed by atoms with Gasteiger partial charge in [-0.25, -0.2) is 0 Å². The average molecular weight is 463 g/mol. The summed E-state index contributed by atoms with van der Waals surface area (Å²) in [5, 5.41) is 3.64. The first-order valence-electron chi connectivity index (χ1n) is 7.08. The van der Waals surface area contributed by atoms with Gasteiger partial charge in [0.15, 0.2) is 0 Å². The van der Waals surface area contributed by atoms with Crippen LogP contribution in [0.3, 0.4) is 0 Å². The molecule has 3 aromatic carbocycles. The van der Waals surface area contributed by atoms with E-state index >= 15 is 0 Å². The molecule has 4 rings (SSSR count). The van der Waals surface area contributed by atoms with Gasteiger partial charge in [-0.05, 0) is 24.2 Å². The second-order valence-electron chi connectivity index (χ2n) is 5.32. The standard InChI is InChI=1S/C20H14N.Pt/c1-14-12-20(21-19-9-5-4-8-18(14)19)17-11-10-15-6-2-3-7-16(15)13-17;/h2-10,12-13H,1H3;/q-1;. The van der Waals surface area contributed by atoms with Crippen LogP contribution in [0.2, 0.25) is 0 Å². The quantitative estimate of drug-likeness (QED) is 0.356. The first kappa shape index (κ1) is 14.9. The molecule has 4 aromatic rings. The van der Waals surface area contributed by atoms with Gasteiger partial charge in [0.1, 0.15) is 0 Å². The maximum Gasteiger partial charge on any atom is 0.0597 e. The Labute approximate surface area is 144 Å². The molecule has 22 heavy (non-hydrogen) atoms. The summed E-state index contributed by atoms with van der Waals surface area (Å²) in [5.74, 6) is 0. The molecule has 1 aromatic heterocycles. The van der Waals surface area contributed by atoms with E-state index in [2.05, 4.69) is 61.5 Å². The molecule has 0 saturated carbocycles. The molecular weight excluding hydrogens is 449 g/mol. The van der Waals surface area contributed by atoms with Crippen LogP contribution in [0.5, 0.6) is 0 Å². The van der Waals surface area contributed by atoms with Crippen LogP contribution >= 0.6 is 0 Å². The van der Waals surface area contributed by atoms with Gasteiger partial charge < -0.3 is 0 Å². The SMILES string of the molecule is Cc1cc(-c2[c-]cc3ccccc3c2)nc2ccccc12.[Pt]. The third-order valence-electron chi connectivity index (χ3n) is 3.88. The Kier molecular flexibility index (Phi) is 4.09. The van der Waals surface area contributed by atoms with Crippen LogP contribution in [0, 0.1) is 13.0 Å². The molecule has 0 fully saturated rings. The minimum absolute atomic E-state index is 0. The van der Waals surface area contributed by atoms with E-state index in [1.807, 2.05) is 18.2 Å². The molecule has 0 aliphatic rings. The largest absolute Gasteiger partial charge is 0.296 e. The van der Waals surface area contributed by atoms with Crippen molar-refractivity contribution in [1.82, 2.24) is 4.98 Å². The summed E-state index contributed by atoms with van der Waals surface area (Å²) in [6, 6.07) is 26.3. The number of pyridine rings is 1. The Bertz CT molecular complexity index is 960. The predicted octanol–water partition coefficient (Wildman–Crippen LogP) is 5.16. The number of aromatic nitrogens is 1. The number of aryl methyl sites for hydroxylation is 1. The molecule has 0 amide bonds. The molecule has 0 N–H and O–H groups in total. The summed E-state index contributed by atoms with van der Waals surface area (Å²) < 4.78 is 0. The summed E-state index contributed by atoms with van der Waals surface area (Å²) in [6.45, 7) is 2.13. The maximum atomic E-state index is 4.78. The van der Waals surface area contributed by atoms with Crippen LogP contribution in [0.4, 0.5) is 0 Å². The molecule has 0 bridgehead atoms. The molecule has 0 atom stereocenters. The fourth-order valence-electron chi connectivity index (χ4n) is 2.76. The van der Waals surface area contributed by atoms with Gasteiger partial charge in [-0.3, -0.25) is 4.98 Å². The van der Waals surface area contributed by atoms with Crippen molar-refractivity contribution < 1.29 is 21.1 Å². The fourth-order valence-corrected chi connectivity index (χ4v) is 2.76. The first-order chi connectivity index (χ1) is 10.3. The number of benzene rings is 3. The van der Waals surface area contributed by atoms with Gasteiger partial charge in [-0.15, -0.1) is 29.1 Å². The zero-order valence-corrected chi connectivity index (χ0v) is 14.4. The van der Waals surface area contributed by atoms with Crippen molar-refractivity contribution in [3.05, 3.63) is 78.4 Å². The molecule has 0 saturated heterocycles. The molecule has 0 radical (unpaired) electrons. The van der Waals surface area contributed by atoms with Gasteiger partial charge in [0.2, 0.25) is 0 Å². The van der Waals surface area contributed by atoms with Crippen LogP contribution in [0.25, 0.3) is 32.9 Å². The summed E-state index contributed by atoms with van der Waals surface area (Å²) in [6.07, 6.45) is 0. The Morgan fingerprint density at radius 2 is 1.59 bits per heavy atom. The topological polar surface area (TPSA) is 12.9 Å². The monoisotopic (exact) mass is 463 g/mol. The van der Waals surface area contributed by atoms with E-state index in [-0.39, 0.29) is 21.1 Å². The summed E-state index contributed by atoms with van der Waals surface area (Å²) in [4.78, 5) is 4.78. The number of fused-ring (bicyclic) bond motifs is 2. The van der Waals surface area contributed by atoms with Gasteiger partial charge in [-0.1, -0.05) is 53.9 Å². The fraction of sp³-hybridized carbons (Fsp3) is 0.0500. The van der Waals surface area contributed by atoms with E-state index in [0.717, 1.165) is 16.8 Å². The molecule has 1 heterocycles. The van der Waals surface area contributed by atoms with Crippen LogP contribution in [0.15, 0.2) is 66.7 Å². The van der Waals surface area contributed by atoms with Crippen molar-refractivity contribution in [2.75, 3.05) is 0 Å². The normalized spacial score (nSPS) is 10.6. The van der Waals surface area contributed by atoms with Gasteiger partial charge in [0.25, 0.3) is 0 Å². The number of hydrogen-bond acceptors (Lipinski definition) is 1. The molecule has 0 spiro atoms. The number of para-hydroxylation sites is 1. The van der Waals surface area contributed by atoms with Gasteiger partial charge in [0.05, 0.1) is 5.52 Å². The van der Waals surface area contributed by atoms with Crippen molar-refractivity contribution >= 4 is 21.7 Å². The van der Waals surface area contributed by atoms with E-state index in [4.69, 9.17) is 4.98 Å². The Balaban J connectivity index is 0.00000144. The Morgan fingerprint density at radius 1 is 0.864 bits per heavy atom. The Morgan fingerprint density at radius 3 is 2.45 bits per heavy atom. The van der Waals surface area contributed by atoms with Crippen molar-refractivity contribution in [3.8, 4) is 11.3 Å². The third-order valence-corrected chi connectivity index (χ3v) is 3.88. The molecule has 0 aliphatic carbocycles. The van der Waals surface area contributed by atoms with E-state index < -0.39 is 0 Å². The van der Waals surface area contributed by atoms with Crippen LogP contribution < -0.4 is 0 Å². The second-order valence-corrected chi connectivity index (χ2v) is 5.32. The van der Waals surface area contributed by atoms with Gasteiger partial charge >= 0.3 is 0 Å². The Hall–Kier alpha value is -1.98. The number of nitrogens with zero attached hydrogens (tertiary/aromatic N) is 1. The smallest absolute Gasteiger partial charge is 0.0597 e. The number of hydrogen-bond donors (Lipinski definition) is 0. The molecule has 0 unspecified atom stereocenters. The van der Waals surface area contributed by atoms with E-state index in [1.165, 1.54) is 21.7 Å². The molecule has 0 aliphatic heterocycles. The zero-order chi connectivity index (χ0) is 14.2. The van der Waals surface area contributed by atoms with Crippen molar-refractivity contribution in [2.45, 2.75) is 6.92 Å². The molecule has 2 heteroatoms. The minimum Gasteiger partial charge on any atom is -0.296 e. The van der Waals surface area contributed by atoms with Crippen molar-refractivity contribution in [1.29, 1.82) is 0 Å². The van der Waals surface area contributed by atoms with Crippen molar-refractivity contribution in [3.63, 3.8) is 0 Å². The average Bonchev–Trinajstić information content (AvgIpc) is 2.54. The maximum absolute atomic E-state index is 4.78. The summed E-state index contributed by atoms with van der Waals surface area (Å²) in [7, 11) is 0. The number of rotatable bonds is 1. The molecular formula is C20H14NPt-. The van der Waals surface area contributed by atoms with Crippen molar-refractivity contribution in [2.24, 2.45) is 0 Å². The summed E-state index contributed by atoms with van der Waals surface area (Å²) in [5.41, 5.74) is 4.31. The van der Waals surface area contributed by atoms with E-state index in [1.54, 1.807) is 0 Å². The minimum atomic E-state index is 0. The van der Waals surface area contributed by atoms with Crippen LogP contribution in [-0.4, -0.2) is 4.98 Å². The second kappa shape index (κ2) is 6.02. The van der Waals surface area contributed by atoms with Crippen LogP contribution in [-0.2, 0) is 21.1 Å². The van der Waals surface area contributed by atoms with E-state index in [0.29, 0.717) is 0 Å². The zero-order valence-electron chi connectivity index (χ0n) is 12.1.